The van der Waals surface area contributed by atoms with E-state index < -0.39 is 0 Å². The van der Waals surface area contributed by atoms with Gasteiger partial charge < -0.3 is 15.2 Å². The molecule has 0 aromatic heterocycles. The van der Waals surface area contributed by atoms with Gasteiger partial charge in [-0.2, -0.15) is 0 Å². The summed E-state index contributed by atoms with van der Waals surface area (Å²) < 4.78 is 10.6. The van der Waals surface area contributed by atoms with E-state index in [4.69, 9.17) is 15.2 Å². The maximum absolute atomic E-state index is 5.92. The van der Waals surface area contributed by atoms with Crippen molar-refractivity contribution in [2.24, 2.45) is 11.7 Å². The lowest BCUT2D eigenvalue weighted by atomic mass is 9.92. The van der Waals surface area contributed by atoms with Crippen LogP contribution in [0, 0.1) is 5.92 Å². The van der Waals surface area contributed by atoms with Gasteiger partial charge in [-0.05, 0) is 43.0 Å². The Morgan fingerprint density at radius 1 is 1.24 bits per heavy atom. The molecule has 2 N–H and O–H groups in total. The molecule has 21 heavy (non-hydrogen) atoms. The third kappa shape index (κ3) is 4.50. The normalized spacial score (nSPS) is 22.5. The van der Waals surface area contributed by atoms with E-state index >= 15 is 0 Å². The molecule has 120 valence electrons. The summed E-state index contributed by atoms with van der Waals surface area (Å²) in [7, 11) is 3.33. The first-order chi connectivity index (χ1) is 9.67. The molecule has 0 spiro atoms. The van der Waals surface area contributed by atoms with Crippen molar-refractivity contribution in [3.8, 4) is 11.5 Å². The molecule has 1 saturated heterocycles. The van der Waals surface area contributed by atoms with E-state index in [2.05, 4.69) is 24.0 Å². The number of nitrogens with zero attached hydrogens (tertiary/aromatic N) is 1. The van der Waals surface area contributed by atoms with Crippen molar-refractivity contribution in [3.63, 3.8) is 0 Å². The van der Waals surface area contributed by atoms with Crippen molar-refractivity contribution in [1.82, 2.24) is 4.90 Å². The van der Waals surface area contributed by atoms with Gasteiger partial charge >= 0.3 is 0 Å². The van der Waals surface area contributed by atoms with Crippen molar-refractivity contribution >= 4 is 12.4 Å². The molecule has 2 rings (SSSR count). The number of hydrogen-bond acceptors (Lipinski definition) is 4. The minimum absolute atomic E-state index is 0. The van der Waals surface area contributed by atoms with Crippen LogP contribution in [0.15, 0.2) is 18.2 Å². The standard InChI is InChI=1S/C16H26N2O2.ClH/c1-12-6-7-18(14(8-12)10-17)11-13-4-5-15(19-2)16(9-13)20-3;/h4-5,9,12,14H,6-8,10-11,17H2,1-3H3;1H. The number of rotatable bonds is 5. The molecule has 0 aliphatic carbocycles. The van der Waals surface area contributed by atoms with Gasteiger partial charge in [-0.25, -0.2) is 0 Å². The second-order valence-corrected chi connectivity index (χ2v) is 5.68. The minimum atomic E-state index is 0. The largest absolute Gasteiger partial charge is 0.493 e. The van der Waals surface area contributed by atoms with Crippen molar-refractivity contribution in [2.45, 2.75) is 32.4 Å². The monoisotopic (exact) mass is 314 g/mol. The van der Waals surface area contributed by atoms with Gasteiger partial charge in [0.25, 0.3) is 0 Å². The molecule has 1 aromatic rings. The van der Waals surface area contributed by atoms with Crippen molar-refractivity contribution < 1.29 is 9.47 Å². The Bertz CT molecular complexity index is 442. The van der Waals surface area contributed by atoms with Crippen LogP contribution in [0.5, 0.6) is 11.5 Å². The van der Waals surface area contributed by atoms with Gasteiger partial charge in [0.2, 0.25) is 0 Å². The first kappa shape index (κ1) is 18.1. The van der Waals surface area contributed by atoms with Gasteiger partial charge in [0.15, 0.2) is 11.5 Å². The zero-order valence-corrected chi connectivity index (χ0v) is 14.0. The Morgan fingerprint density at radius 2 is 1.95 bits per heavy atom. The zero-order valence-electron chi connectivity index (χ0n) is 13.2. The third-order valence-corrected chi connectivity index (χ3v) is 4.21. The van der Waals surface area contributed by atoms with Crippen LogP contribution < -0.4 is 15.2 Å². The van der Waals surface area contributed by atoms with Crippen LogP contribution in [0.4, 0.5) is 0 Å². The summed E-state index contributed by atoms with van der Waals surface area (Å²) in [6, 6.07) is 6.63. The Hall–Kier alpha value is -0.970. The van der Waals surface area contributed by atoms with Gasteiger partial charge in [-0.3, -0.25) is 4.90 Å². The van der Waals surface area contributed by atoms with Crippen LogP contribution in [-0.2, 0) is 6.54 Å². The highest BCUT2D eigenvalue weighted by molar-refractivity contribution is 5.85. The lowest BCUT2D eigenvalue weighted by molar-refractivity contribution is 0.115. The van der Waals surface area contributed by atoms with Gasteiger partial charge in [0.1, 0.15) is 0 Å². The fraction of sp³-hybridized carbons (Fsp3) is 0.625. The van der Waals surface area contributed by atoms with Crippen LogP contribution in [0.3, 0.4) is 0 Å². The molecule has 1 heterocycles. The summed E-state index contributed by atoms with van der Waals surface area (Å²) in [6.45, 7) is 5.10. The molecule has 1 aromatic carbocycles. The topological polar surface area (TPSA) is 47.7 Å². The molecule has 2 unspecified atom stereocenters. The third-order valence-electron chi connectivity index (χ3n) is 4.21. The van der Waals surface area contributed by atoms with Crippen LogP contribution in [0.25, 0.3) is 0 Å². The molecule has 1 aliphatic heterocycles. The lowest BCUT2D eigenvalue weighted by Crippen LogP contribution is -2.45. The average molecular weight is 315 g/mol. The summed E-state index contributed by atoms with van der Waals surface area (Å²) in [5.74, 6) is 2.35. The van der Waals surface area contributed by atoms with E-state index in [1.165, 1.54) is 18.4 Å². The predicted molar refractivity (Wildman–Crippen MR) is 88.4 cm³/mol. The smallest absolute Gasteiger partial charge is 0.161 e. The van der Waals surface area contributed by atoms with Crippen molar-refractivity contribution in [1.29, 1.82) is 0 Å². The number of ether oxygens (including phenoxy) is 2. The first-order valence-electron chi connectivity index (χ1n) is 7.33. The molecule has 1 fully saturated rings. The lowest BCUT2D eigenvalue weighted by Gasteiger charge is -2.38. The molecule has 4 nitrogen and oxygen atoms in total. The van der Waals surface area contributed by atoms with E-state index in [9.17, 15) is 0 Å². The Balaban J connectivity index is 0.00000220. The van der Waals surface area contributed by atoms with Gasteiger partial charge in [-0.1, -0.05) is 13.0 Å². The number of methoxy groups -OCH3 is 2. The maximum atomic E-state index is 5.92. The van der Waals surface area contributed by atoms with Crippen molar-refractivity contribution in [3.05, 3.63) is 23.8 Å². The predicted octanol–water partition coefficient (Wildman–Crippen LogP) is 2.68. The molecule has 2 atom stereocenters. The SMILES string of the molecule is COc1ccc(CN2CCC(C)CC2CN)cc1OC.Cl. The number of nitrogens with two attached hydrogens (primary N) is 1. The number of likely N-dealkylation sites (tertiary alicyclic amines) is 1. The molecular weight excluding hydrogens is 288 g/mol. The van der Waals surface area contributed by atoms with Crippen LogP contribution in [-0.4, -0.2) is 38.3 Å². The molecule has 0 radical (unpaired) electrons. The summed E-state index contributed by atoms with van der Waals surface area (Å²) in [4.78, 5) is 2.49. The Labute approximate surface area is 134 Å². The molecule has 1 aliphatic rings. The fourth-order valence-electron chi connectivity index (χ4n) is 2.97. The number of benzene rings is 1. The Morgan fingerprint density at radius 3 is 2.57 bits per heavy atom. The second kappa shape index (κ2) is 8.47. The first-order valence-corrected chi connectivity index (χ1v) is 7.33. The fourth-order valence-corrected chi connectivity index (χ4v) is 2.97. The molecule has 5 heteroatoms. The van der Waals surface area contributed by atoms with E-state index in [1.807, 2.05) is 6.07 Å². The van der Waals surface area contributed by atoms with Crippen LogP contribution in [0.2, 0.25) is 0 Å². The summed E-state index contributed by atoms with van der Waals surface area (Å²) >= 11 is 0. The molecule has 0 saturated carbocycles. The van der Waals surface area contributed by atoms with E-state index in [-0.39, 0.29) is 12.4 Å². The van der Waals surface area contributed by atoms with E-state index in [0.717, 1.165) is 37.1 Å². The van der Waals surface area contributed by atoms with Crippen LogP contribution >= 0.6 is 12.4 Å². The second-order valence-electron chi connectivity index (χ2n) is 5.68. The van der Waals surface area contributed by atoms with Gasteiger partial charge in [0.05, 0.1) is 14.2 Å². The summed E-state index contributed by atoms with van der Waals surface area (Å²) in [6.07, 6.45) is 2.45. The molecule has 0 amide bonds. The molecule has 0 bridgehead atoms. The number of halogens is 1. The average Bonchev–Trinajstić information content (AvgIpc) is 2.48. The van der Waals surface area contributed by atoms with Crippen molar-refractivity contribution in [2.75, 3.05) is 27.3 Å². The van der Waals surface area contributed by atoms with E-state index in [1.54, 1.807) is 14.2 Å². The minimum Gasteiger partial charge on any atom is -0.493 e. The summed E-state index contributed by atoms with van der Waals surface area (Å²) in [5.41, 5.74) is 7.17. The zero-order chi connectivity index (χ0) is 14.5. The van der Waals surface area contributed by atoms with E-state index in [0.29, 0.717) is 6.04 Å². The molecular formula is C16H27ClN2O2. The number of hydrogen-bond donors (Lipinski definition) is 1. The highest BCUT2D eigenvalue weighted by atomic mass is 35.5. The Kier molecular flexibility index (Phi) is 7.29. The highest BCUT2D eigenvalue weighted by Crippen LogP contribution is 2.29. The van der Waals surface area contributed by atoms with Crippen LogP contribution in [0.1, 0.15) is 25.3 Å². The quantitative estimate of drug-likeness (QED) is 0.908. The number of piperidine rings is 1. The summed E-state index contributed by atoms with van der Waals surface area (Å²) in [5, 5.41) is 0. The maximum Gasteiger partial charge on any atom is 0.161 e. The van der Waals surface area contributed by atoms with Gasteiger partial charge in [-0.15, -0.1) is 12.4 Å². The highest BCUT2D eigenvalue weighted by Gasteiger charge is 2.25. The van der Waals surface area contributed by atoms with Gasteiger partial charge in [0, 0.05) is 19.1 Å².